The average Bonchev–Trinajstić information content (AvgIpc) is 2.29. The van der Waals surface area contributed by atoms with Crippen molar-refractivity contribution in [1.82, 2.24) is 10.2 Å². The number of benzene rings is 1. The van der Waals surface area contributed by atoms with E-state index in [1.165, 1.54) is 6.07 Å². The van der Waals surface area contributed by atoms with Crippen LogP contribution in [0.25, 0.3) is 0 Å². The molecule has 1 N–H and O–H groups in total. The topological polar surface area (TPSA) is 58.4 Å². The van der Waals surface area contributed by atoms with Crippen molar-refractivity contribution in [2.24, 2.45) is 0 Å². The van der Waals surface area contributed by atoms with Crippen molar-refractivity contribution in [1.29, 1.82) is 0 Å². The van der Waals surface area contributed by atoms with Crippen LogP contribution in [-0.4, -0.2) is 35.5 Å². The predicted molar refractivity (Wildman–Crippen MR) is 75.5 cm³/mol. The average molecular weight is 284 g/mol. The Morgan fingerprint density at radius 1 is 1.53 bits per heavy atom. The van der Waals surface area contributed by atoms with Gasteiger partial charge in [-0.3, -0.25) is 15.0 Å². The van der Waals surface area contributed by atoms with Crippen LogP contribution in [0.2, 0.25) is 5.02 Å². The Kier molecular flexibility index (Phi) is 4.74. The second kappa shape index (κ2) is 6.32. The van der Waals surface area contributed by atoms with Crippen molar-refractivity contribution in [3.8, 4) is 0 Å². The summed E-state index contributed by atoms with van der Waals surface area (Å²) < 4.78 is 0. The molecule has 0 unspecified atom stereocenters. The summed E-state index contributed by atoms with van der Waals surface area (Å²) in [5.41, 5.74) is 0.732. The molecule has 1 saturated heterocycles. The lowest BCUT2D eigenvalue weighted by atomic mass is 10.1. The highest BCUT2D eigenvalue weighted by atomic mass is 35.5. The van der Waals surface area contributed by atoms with E-state index in [-0.39, 0.29) is 10.6 Å². The third-order valence-corrected chi connectivity index (χ3v) is 3.79. The maximum atomic E-state index is 11.1. The Bertz CT molecular complexity index is 463. The van der Waals surface area contributed by atoms with Crippen LogP contribution in [0, 0.1) is 10.1 Å². The third kappa shape index (κ3) is 3.23. The lowest BCUT2D eigenvalue weighted by Crippen LogP contribution is -2.57. The lowest BCUT2D eigenvalue weighted by Gasteiger charge is -2.38. The first-order chi connectivity index (χ1) is 9.13. The summed E-state index contributed by atoms with van der Waals surface area (Å²) in [6.45, 7) is 5.46. The van der Waals surface area contributed by atoms with Gasteiger partial charge < -0.3 is 5.32 Å². The van der Waals surface area contributed by atoms with E-state index >= 15 is 0 Å². The van der Waals surface area contributed by atoms with Crippen LogP contribution in [0.1, 0.15) is 18.9 Å². The molecule has 6 heteroatoms. The summed E-state index contributed by atoms with van der Waals surface area (Å²) in [6, 6.07) is 5.31. The van der Waals surface area contributed by atoms with Crippen molar-refractivity contribution in [3.05, 3.63) is 38.9 Å². The number of nitro groups is 1. The number of nitrogens with zero attached hydrogens (tertiary/aromatic N) is 2. The molecule has 1 aliphatic heterocycles. The maximum Gasteiger partial charge on any atom is 0.275 e. The molecule has 0 aromatic heterocycles. The molecule has 2 rings (SSSR count). The van der Waals surface area contributed by atoms with Crippen LogP contribution < -0.4 is 5.32 Å². The van der Waals surface area contributed by atoms with Gasteiger partial charge in [-0.25, -0.2) is 0 Å². The highest BCUT2D eigenvalue weighted by Crippen LogP contribution is 2.28. The van der Waals surface area contributed by atoms with Gasteiger partial charge in [-0.05, 0) is 19.0 Å². The normalized spacial score (nSPS) is 15.5. The van der Waals surface area contributed by atoms with Gasteiger partial charge >= 0.3 is 0 Å². The molecule has 19 heavy (non-hydrogen) atoms. The van der Waals surface area contributed by atoms with E-state index in [9.17, 15) is 10.1 Å². The van der Waals surface area contributed by atoms with Crippen molar-refractivity contribution in [3.63, 3.8) is 0 Å². The van der Waals surface area contributed by atoms with Gasteiger partial charge in [-0.1, -0.05) is 24.6 Å². The fourth-order valence-electron chi connectivity index (χ4n) is 2.29. The van der Waals surface area contributed by atoms with E-state index in [1.54, 1.807) is 12.1 Å². The smallest absolute Gasteiger partial charge is 0.275 e. The van der Waals surface area contributed by atoms with E-state index in [4.69, 9.17) is 11.6 Å². The standard InChI is InChI=1S/C13H18ClN3O2/c1-2-6-16(10-7-15-8-10)9-11-12(14)4-3-5-13(11)17(18)19/h3-5,10,15H,2,6-9H2,1H3. The first-order valence-electron chi connectivity index (χ1n) is 6.50. The first kappa shape index (κ1) is 14.2. The molecule has 0 atom stereocenters. The van der Waals surface area contributed by atoms with Crippen LogP contribution in [0.15, 0.2) is 18.2 Å². The highest BCUT2D eigenvalue weighted by Gasteiger charge is 2.27. The number of hydrogen-bond acceptors (Lipinski definition) is 4. The molecule has 0 amide bonds. The molecule has 104 valence electrons. The quantitative estimate of drug-likeness (QED) is 0.643. The van der Waals surface area contributed by atoms with Gasteiger partial charge in [0.2, 0.25) is 0 Å². The third-order valence-electron chi connectivity index (χ3n) is 3.44. The molecular weight excluding hydrogens is 266 g/mol. The molecule has 0 radical (unpaired) electrons. The molecule has 5 nitrogen and oxygen atoms in total. The summed E-state index contributed by atoms with van der Waals surface area (Å²) in [5.74, 6) is 0. The van der Waals surface area contributed by atoms with Gasteiger partial charge in [0, 0.05) is 31.7 Å². The van der Waals surface area contributed by atoms with Crippen molar-refractivity contribution in [2.45, 2.75) is 25.9 Å². The second-order valence-electron chi connectivity index (χ2n) is 4.78. The maximum absolute atomic E-state index is 11.1. The zero-order valence-electron chi connectivity index (χ0n) is 10.9. The minimum absolute atomic E-state index is 0.112. The number of rotatable bonds is 6. The minimum atomic E-state index is -0.357. The van der Waals surface area contributed by atoms with E-state index < -0.39 is 0 Å². The molecule has 1 aromatic carbocycles. The van der Waals surface area contributed by atoms with Gasteiger partial charge in [0.25, 0.3) is 5.69 Å². The Morgan fingerprint density at radius 2 is 2.26 bits per heavy atom. The van der Waals surface area contributed by atoms with Crippen molar-refractivity contribution >= 4 is 17.3 Å². The summed E-state index contributed by atoms with van der Waals surface area (Å²) in [4.78, 5) is 13.0. The van der Waals surface area contributed by atoms with Crippen LogP contribution in [0.5, 0.6) is 0 Å². The second-order valence-corrected chi connectivity index (χ2v) is 5.18. The minimum Gasteiger partial charge on any atom is -0.314 e. The number of nitrogens with one attached hydrogen (secondary N) is 1. The van der Waals surface area contributed by atoms with E-state index in [0.717, 1.165) is 26.1 Å². The number of hydrogen-bond donors (Lipinski definition) is 1. The lowest BCUT2D eigenvalue weighted by molar-refractivity contribution is -0.385. The fraction of sp³-hybridized carbons (Fsp3) is 0.538. The molecular formula is C13H18ClN3O2. The van der Waals surface area contributed by atoms with Crippen LogP contribution in [-0.2, 0) is 6.54 Å². The summed E-state index contributed by atoms with van der Waals surface area (Å²) in [7, 11) is 0. The van der Waals surface area contributed by atoms with Gasteiger partial charge in [-0.15, -0.1) is 0 Å². The van der Waals surface area contributed by atoms with Crippen LogP contribution in [0.3, 0.4) is 0 Å². The molecule has 1 aliphatic rings. The molecule has 1 fully saturated rings. The predicted octanol–water partition coefficient (Wildman–Crippen LogP) is 2.43. The Morgan fingerprint density at radius 3 is 2.79 bits per heavy atom. The molecule has 0 aliphatic carbocycles. The molecule has 0 saturated carbocycles. The Balaban J connectivity index is 2.22. The largest absolute Gasteiger partial charge is 0.314 e. The van der Waals surface area contributed by atoms with Crippen LogP contribution >= 0.6 is 11.6 Å². The highest BCUT2D eigenvalue weighted by molar-refractivity contribution is 6.31. The van der Waals surface area contributed by atoms with E-state index in [2.05, 4.69) is 17.1 Å². The Labute approximate surface area is 117 Å². The molecule has 0 spiro atoms. The van der Waals surface area contributed by atoms with Crippen molar-refractivity contribution < 1.29 is 4.92 Å². The molecule has 0 bridgehead atoms. The van der Waals surface area contributed by atoms with Gasteiger partial charge in [0.15, 0.2) is 0 Å². The monoisotopic (exact) mass is 283 g/mol. The summed E-state index contributed by atoms with van der Waals surface area (Å²) >= 11 is 6.14. The van der Waals surface area contributed by atoms with Gasteiger partial charge in [-0.2, -0.15) is 0 Å². The Hall–Kier alpha value is -1.17. The summed E-state index contributed by atoms with van der Waals surface area (Å²) in [6.07, 6.45) is 1.02. The zero-order chi connectivity index (χ0) is 13.8. The van der Waals surface area contributed by atoms with Crippen LogP contribution in [0.4, 0.5) is 5.69 Å². The van der Waals surface area contributed by atoms with E-state index in [1.807, 2.05) is 0 Å². The SMILES string of the molecule is CCCN(Cc1c(Cl)cccc1[N+](=O)[O-])C1CNC1. The van der Waals surface area contributed by atoms with Gasteiger partial charge in [0.05, 0.1) is 15.5 Å². The first-order valence-corrected chi connectivity index (χ1v) is 6.87. The zero-order valence-corrected chi connectivity index (χ0v) is 11.7. The van der Waals surface area contributed by atoms with Crippen molar-refractivity contribution in [2.75, 3.05) is 19.6 Å². The summed E-state index contributed by atoms with van der Waals surface area (Å²) in [5, 5.41) is 14.8. The number of nitro benzene ring substituents is 1. The number of halogens is 1. The molecule has 1 aromatic rings. The van der Waals surface area contributed by atoms with E-state index in [0.29, 0.717) is 23.2 Å². The van der Waals surface area contributed by atoms with Gasteiger partial charge in [0.1, 0.15) is 0 Å². The molecule has 1 heterocycles. The fourth-order valence-corrected chi connectivity index (χ4v) is 2.52.